The van der Waals surface area contributed by atoms with Crippen molar-refractivity contribution >= 4 is 27.3 Å². The van der Waals surface area contributed by atoms with Crippen LogP contribution in [0.25, 0.3) is 0 Å². The molecule has 1 nitrogen and oxygen atoms in total. The molecule has 1 aromatic heterocycles. The first kappa shape index (κ1) is 15.1. The minimum Gasteiger partial charge on any atom is -0.314 e. The zero-order valence-corrected chi connectivity index (χ0v) is 14.8. The summed E-state index contributed by atoms with van der Waals surface area (Å²) in [6.07, 6.45) is 9.80. The van der Waals surface area contributed by atoms with Gasteiger partial charge in [-0.1, -0.05) is 19.8 Å². The largest absolute Gasteiger partial charge is 0.314 e. The molecule has 0 radical (unpaired) electrons. The molecule has 0 aromatic carbocycles. The van der Waals surface area contributed by atoms with Gasteiger partial charge in [0.1, 0.15) is 0 Å². The normalized spacial score (nSPS) is 30.6. The highest BCUT2D eigenvalue weighted by atomic mass is 79.9. The van der Waals surface area contributed by atoms with Crippen LogP contribution in [0.1, 0.15) is 50.3 Å². The van der Waals surface area contributed by atoms with Crippen LogP contribution in [-0.4, -0.2) is 12.6 Å². The summed E-state index contributed by atoms with van der Waals surface area (Å²) in [5.41, 5.74) is 0. The highest BCUT2D eigenvalue weighted by Gasteiger charge is 2.31. The van der Waals surface area contributed by atoms with Crippen LogP contribution in [-0.2, 0) is 6.42 Å². The van der Waals surface area contributed by atoms with Crippen LogP contribution in [0.15, 0.2) is 15.9 Å². The minimum absolute atomic E-state index is 0.855. The van der Waals surface area contributed by atoms with E-state index in [1.165, 1.54) is 56.0 Å². The highest BCUT2D eigenvalue weighted by Crippen LogP contribution is 2.39. The molecule has 0 spiro atoms. The van der Waals surface area contributed by atoms with E-state index >= 15 is 0 Å². The average molecular weight is 356 g/mol. The standard InChI is InChI=1S/C17H26BrNS/c1-2-12-3-4-13(11-19-15-5-6-15)14(9-12)10-17-16(18)7-8-20-17/h7-8,12-15,19H,2-6,9-11H2,1H3. The third-order valence-corrected chi connectivity index (χ3v) is 7.16. The second kappa shape index (κ2) is 6.93. The zero-order valence-electron chi connectivity index (χ0n) is 12.4. The summed E-state index contributed by atoms with van der Waals surface area (Å²) in [6, 6.07) is 3.06. The summed E-state index contributed by atoms with van der Waals surface area (Å²) < 4.78 is 1.33. The van der Waals surface area contributed by atoms with Crippen LogP contribution in [0, 0.1) is 17.8 Å². The van der Waals surface area contributed by atoms with Crippen molar-refractivity contribution in [2.75, 3.05) is 6.54 Å². The average Bonchev–Trinajstić information content (AvgIpc) is 3.21. The lowest BCUT2D eigenvalue weighted by atomic mass is 9.71. The molecule has 0 aliphatic heterocycles. The van der Waals surface area contributed by atoms with E-state index < -0.39 is 0 Å². The van der Waals surface area contributed by atoms with Crippen LogP contribution < -0.4 is 5.32 Å². The van der Waals surface area contributed by atoms with Crippen LogP contribution in [0.2, 0.25) is 0 Å². The molecule has 20 heavy (non-hydrogen) atoms. The molecule has 3 rings (SSSR count). The van der Waals surface area contributed by atoms with Gasteiger partial charge in [-0.25, -0.2) is 0 Å². The van der Waals surface area contributed by atoms with Gasteiger partial charge in [0.2, 0.25) is 0 Å². The maximum atomic E-state index is 3.78. The Morgan fingerprint density at radius 1 is 1.25 bits per heavy atom. The van der Waals surface area contributed by atoms with E-state index in [9.17, 15) is 0 Å². The number of nitrogens with one attached hydrogen (secondary N) is 1. The van der Waals surface area contributed by atoms with Gasteiger partial charge >= 0.3 is 0 Å². The predicted molar refractivity (Wildman–Crippen MR) is 91.4 cm³/mol. The quantitative estimate of drug-likeness (QED) is 0.734. The number of rotatable bonds is 6. The van der Waals surface area contributed by atoms with Gasteiger partial charge in [-0.2, -0.15) is 0 Å². The summed E-state index contributed by atoms with van der Waals surface area (Å²) in [5.74, 6) is 2.75. The van der Waals surface area contributed by atoms with E-state index in [1.807, 2.05) is 11.3 Å². The lowest BCUT2D eigenvalue weighted by Crippen LogP contribution is -2.35. The van der Waals surface area contributed by atoms with Crippen LogP contribution >= 0.6 is 27.3 Å². The van der Waals surface area contributed by atoms with Crippen molar-refractivity contribution < 1.29 is 0 Å². The summed E-state index contributed by atoms with van der Waals surface area (Å²) in [4.78, 5) is 1.56. The minimum atomic E-state index is 0.855. The fourth-order valence-corrected chi connectivity index (χ4v) is 5.24. The molecule has 0 bridgehead atoms. The summed E-state index contributed by atoms with van der Waals surface area (Å²) >= 11 is 5.64. The second-order valence-electron chi connectivity index (χ2n) is 6.69. The van der Waals surface area contributed by atoms with E-state index in [2.05, 4.69) is 39.6 Å². The molecule has 1 aromatic rings. The van der Waals surface area contributed by atoms with Gasteiger partial charge in [0.05, 0.1) is 0 Å². The Morgan fingerprint density at radius 2 is 2.10 bits per heavy atom. The van der Waals surface area contributed by atoms with Crippen LogP contribution in [0.5, 0.6) is 0 Å². The molecule has 3 heteroatoms. The van der Waals surface area contributed by atoms with E-state index in [0.29, 0.717) is 0 Å². The molecule has 2 saturated carbocycles. The third-order valence-electron chi connectivity index (χ3n) is 5.21. The van der Waals surface area contributed by atoms with Crippen molar-refractivity contribution in [3.05, 3.63) is 20.8 Å². The summed E-state index contributed by atoms with van der Waals surface area (Å²) in [7, 11) is 0. The molecule has 3 unspecified atom stereocenters. The van der Waals surface area contributed by atoms with Crippen LogP contribution in [0.4, 0.5) is 0 Å². The van der Waals surface area contributed by atoms with Crippen molar-refractivity contribution in [3.63, 3.8) is 0 Å². The number of hydrogen-bond donors (Lipinski definition) is 1. The molecule has 0 saturated heterocycles. The molecule has 2 aliphatic rings. The van der Waals surface area contributed by atoms with Gasteiger partial charge in [0.25, 0.3) is 0 Å². The van der Waals surface area contributed by atoms with Crippen molar-refractivity contribution in [2.45, 2.75) is 57.9 Å². The van der Waals surface area contributed by atoms with Crippen molar-refractivity contribution in [1.29, 1.82) is 0 Å². The molecule has 2 fully saturated rings. The fraction of sp³-hybridized carbons (Fsp3) is 0.765. The Labute approximate surface area is 135 Å². The molecule has 0 amide bonds. The molecule has 1 N–H and O–H groups in total. The van der Waals surface area contributed by atoms with Crippen molar-refractivity contribution in [2.24, 2.45) is 17.8 Å². The molecule has 112 valence electrons. The van der Waals surface area contributed by atoms with Gasteiger partial charge in [-0.3, -0.25) is 0 Å². The Kier molecular flexibility index (Phi) is 5.22. The van der Waals surface area contributed by atoms with Crippen LogP contribution in [0.3, 0.4) is 0 Å². The highest BCUT2D eigenvalue weighted by molar-refractivity contribution is 9.10. The van der Waals surface area contributed by atoms with E-state index in [0.717, 1.165) is 23.8 Å². The van der Waals surface area contributed by atoms with Gasteiger partial charge in [0.15, 0.2) is 0 Å². The van der Waals surface area contributed by atoms with E-state index in [-0.39, 0.29) is 0 Å². The van der Waals surface area contributed by atoms with Crippen molar-refractivity contribution in [1.82, 2.24) is 5.32 Å². The Bertz CT molecular complexity index is 426. The number of thiophene rings is 1. The summed E-state index contributed by atoms with van der Waals surface area (Å²) in [6.45, 7) is 3.63. The lowest BCUT2D eigenvalue weighted by Gasteiger charge is -2.36. The first-order valence-electron chi connectivity index (χ1n) is 8.21. The van der Waals surface area contributed by atoms with Crippen molar-refractivity contribution in [3.8, 4) is 0 Å². The Balaban J connectivity index is 1.62. The monoisotopic (exact) mass is 355 g/mol. The van der Waals surface area contributed by atoms with E-state index in [1.54, 1.807) is 4.88 Å². The molecular weight excluding hydrogens is 330 g/mol. The second-order valence-corrected chi connectivity index (χ2v) is 8.54. The predicted octanol–water partition coefficient (Wildman–Crippen LogP) is 5.25. The molecular formula is C17H26BrNS. The smallest absolute Gasteiger partial charge is 0.0314 e. The van der Waals surface area contributed by atoms with Gasteiger partial charge in [-0.15, -0.1) is 11.3 Å². The number of halogens is 1. The maximum absolute atomic E-state index is 3.78. The molecule has 3 atom stereocenters. The number of hydrogen-bond acceptors (Lipinski definition) is 2. The van der Waals surface area contributed by atoms with Gasteiger partial charge < -0.3 is 5.32 Å². The maximum Gasteiger partial charge on any atom is 0.0314 e. The van der Waals surface area contributed by atoms with E-state index in [4.69, 9.17) is 0 Å². The lowest BCUT2D eigenvalue weighted by molar-refractivity contribution is 0.171. The zero-order chi connectivity index (χ0) is 13.9. The topological polar surface area (TPSA) is 12.0 Å². The molecule has 2 aliphatic carbocycles. The Hall–Kier alpha value is 0.140. The molecule has 1 heterocycles. The first-order chi connectivity index (χ1) is 9.76. The van der Waals surface area contributed by atoms with Gasteiger partial charge in [0, 0.05) is 15.4 Å². The fourth-order valence-electron chi connectivity index (χ4n) is 3.63. The third kappa shape index (κ3) is 3.86. The first-order valence-corrected chi connectivity index (χ1v) is 9.88. The van der Waals surface area contributed by atoms with Gasteiger partial charge in [-0.05, 0) is 83.8 Å². The summed E-state index contributed by atoms with van der Waals surface area (Å²) in [5, 5.41) is 5.99. The Morgan fingerprint density at radius 3 is 2.75 bits per heavy atom. The SMILES string of the molecule is CCC1CCC(CNC2CC2)C(Cc2sccc2Br)C1.